The molecule has 1 heterocycles. The van der Waals surface area contributed by atoms with Gasteiger partial charge in [0.2, 0.25) is 11.8 Å². The molecule has 2 aliphatic rings. The Hall–Kier alpha value is -1.51. The van der Waals surface area contributed by atoms with E-state index in [1.807, 2.05) is 0 Å². The molecule has 8 heteroatoms. The summed E-state index contributed by atoms with van der Waals surface area (Å²) in [5.74, 6) is 0.0279. The lowest BCUT2D eigenvalue weighted by atomic mass is 9.74. The number of amides is 2. The quantitative estimate of drug-likeness (QED) is 0.346. The number of piperidine rings is 1. The maximum atomic E-state index is 12.9. The molecule has 30 heavy (non-hydrogen) atoms. The molecule has 0 aromatic rings. The summed E-state index contributed by atoms with van der Waals surface area (Å²) < 4.78 is 0. The van der Waals surface area contributed by atoms with Crippen LogP contribution in [0.5, 0.6) is 0 Å². The molecule has 0 aromatic heterocycles. The fourth-order valence-corrected chi connectivity index (χ4v) is 4.80. The van der Waals surface area contributed by atoms with Crippen molar-refractivity contribution in [2.75, 3.05) is 19.6 Å². The topological polar surface area (TPSA) is 134 Å². The first kappa shape index (κ1) is 24.8. The summed E-state index contributed by atoms with van der Waals surface area (Å²) in [6.07, 6.45) is 6.64. The molecule has 0 radical (unpaired) electrons. The lowest BCUT2D eigenvalue weighted by molar-refractivity contribution is -0.135. The van der Waals surface area contributed by atoms with E-state index >= 15 is 0 Å². The highest BCUT2D eigenvalue weighted by Gasteiger charge is 2.35. The van der Waals surface area contributed by atoms with Crippen LogP contribution in [0.15, 0.2) is 0 Å². The van der Waals surface area contributed by atoms with Gasteiger partial charge in [-0.3, -0.25) is 14.4 Å². The highest BCUT2D eigenvalue weighted by Crippen LogP contribution is 2.34. The van der Waals surface area contributed by atoms with Crippen LogP contribution in [0.3, 0.4) is 0 Å². The minimum absolute atomic E-state index is 0.115. The number of hydrogen-bond donors (Lipinski definition) is 5. The van der Waals surface area contributed by atoms with E-state index in [2.05, 4.69) is 16.0 Å². The van der Waals surface area contributed by atoms with E-state index in [4.69, 9.17) is 5.73 Å². The molecule has 2 fully saturated rings. The number of hydrogen-bond acceptors (Lipinski definition) is 6. The molecule has 1 saturated carbocycles. The van der Waals surface area contributed by atoms with Crippen LogP contribution in [0.1, 0.15) is 65.2 Å². The van der Waals surface area contributed by atoms with E-state index < -0.39 is 24.1 Å². The van der Waals surface area contributed by atoms with Crippen LogP contribution in [0.2, 0.25) is 0 Å². The van der Waals surface area contributed by atoms with Crippen molar-refractivity contribution < 1.29 is 19.5 Å². The van der Waals surface area contributed by atoms with Gasteiger partial charge in [-0.2, -0.15) is 0 Å². The van der Waals surface area contributed by atoms with Crippen LogP contribution in [-0.4, -0.2) is 60.5 Å². The van der Waals surface area contributed by atoms with Gasteiger partial charge >= 0.3 is 0 Å². The van der Waals surface area contributed by atoms with E-state index in [-0.39, 0.29) is 30.6 Å². The van der Waals surface area contributed by atoms with Gasteiger partial charge in [0.25, 0.3) is 0 Å². The molecule has 8 nitrogen and oxygen atoms in total. The Morgan fingerprint density at radius 3 is 2.40 bits per heavy atom. The molecule has 0 aromatic carbocycles. The van der Waals surface area contributed by atoms with Crippen molar-refractivity contribution in [3.05, 3.63) is 0 Å². The van der Waals surface area contributed by atoms with Crippen molar-refractivity contribution >= 4 is 17.6 Å². The molecule has 0 bridgehead atoms. The number of ketones is 1. The van der Waals surface area contributed by atoms with E-state index in [9.17, 15) is 19.5 Å². The number of aliphatic hydroxyl groups excluding tert-OH is 1. The molecular weight excluding hydrogens is 384 g/mol. The first-order chi connectivity index (χ1) is 14.4. The molecule has 172 valence electrons. The van der Waals surface area contributed by atoms with Crippen LogP contribution in [-0.2, 0) is 14.4 Å². The zero-order chi connectivity index (χ0) is 22.1. The standard InChI is InChI=1S/C22H40N4O4/c1-3-19(28)18(9-10-23)25-22(30)20(14(2)27)26-21(29)17-11-16(12-24-13-17)15-7-5-4-6-8-15/h14-18,20,24,27H,3-13,23H2,1-2H3,(H,25,30)(H,26,29)/t14-,16?,17?,18-,20-/m0/s1. The van der Waals surface area contributed by atoms with Gasteiger partial charge in [-0.15, -0.1) is 0 Å². The van der Waals surface area contributed by atoms with E-state index in [0.29, 0.717) is 24.8 Å². The third-order valence-corrected chi connectivity index (χ3v) is 6.64. The Labute approximate surface area is 180 Å². The summed E-state index contributed by atoms with van der Waals surface area (Å²) in [6, 6.07) is -1.80. The predicted molar refractivity (Wildman–Crippen MR) is 116 cm³/mol. The number of nitrogens with two attached hydrogens (primary N) is 1. The summed E-state index contributed by atoms with van der Waals surface area (Å²) in [4.78, 5) is 37.7. The van der Waals surface area contributed by atoms with Gasteiger partial charge in [-0.25, -0.2) is 0 Å². The monoisotopic (exact) mass is 424 g/mol. The fraction of sp³-hybridized carbons (Fsp3) is 0.864. The highest BCUT2D eigenvalue weighted by atomic mass is 16.3. The lowest BCUT2D eigenvalue weighted by Crippen LogP contribution is -2.58. The molecule has 2 rings (SSSR count). The molecule has 6 N–H and O–H groups in total. The second-order valence-corrected chi connectivity index (χ2v) is 8.93. The van der Waals surface area contributed by atoms with Gasteiger partial charge in [-0.05, 0) is 44.7 Å². The average Bonchev–Trinajstić information content (AvgIpc) is 2.76. The molecule has 0 spiro atoms. The third-order valence-electron chi connectivity index (χ3n) is 6.64. The molecule has 1 aliphatic carbocycles. The minimum atomic E-state index is -1.10. The number of Topliss-reactive ketones (excluding diaryl/α,β-unsaturated/α-hetero) is 1. The van der Waals surface area contributed by atoms with Gasteiger partial charge in [0.1, 0.15) is 6.04 Å². The van der Waals surface area contributed by atoms with E-state index in [1.54, 1.807) is 6.92 Å². The van der Waals surface area contributed by atoms with Crippen molar-refractivity contribution in [2.45, 2.75) is 83.4 Å². The van der Waals surface area contributed by atoms with Crippen LogP contribution >= 0.6 is 0 Å². The number of carbonyl (C=O) groups excluding carboxylic acids is 3. The maximum Gasteiger partial charge on any atom is 0.245 e. The van der Waals surface area contributed by atoms with Crippen LogP contribution in [0.4, 0.5) is 0 Å². The Kier molecular flexibility index (Phi) is 10.2. The molecule has 1 aliphatic heterocycles. The normalized spacial score (nSPS) is 25.7. The fourth-order valence-electron chi connectivity index (χ4n) is 4.80. The van der Waals surface area contributed by atoms with Gasteiger partial charge < -0.3 is 26.8 Å². The molecule has 5 atom stereocenters. The zero-order valence-electron chi connectivity index (χ0n) is 18.5. The molecule has 1 saturated heterocycles. The predicted octanol–water partition coefficient (Wildman–Crippen LogP) is 0.471. The van der Waals surface area contributed by atoms with Crippen molar-refractivity contribution in [3.8, 4) is 0 Å². The zero-order valence-corrected chi connectivity index (χ0v) is 18.5. The summed E-state index contributed by atoms with van der Waals surface area (Å²) >= 11 is 0. The van der Waals surface area contributed by atoms with Crippen molar-refractivity contribution in [3.63, 3.8) is 0 Å². The minimum Gasteiger partial charge on any atom is -0.391 e. The second-order valence-electron chi connectivity index (χ2n) is 8.93. The first-order valence-electron chi connectivity index (χ1n) is 11.6. The summed E-state index contributed by atoms with van der Waals surface area (Å²) in [5, 5.41) is 18.9. The van der Waals surface area contributed by atoms with Crippen molar-refractivity contribution in [2.24, 2.45) is 23.5 Å². The maximum absolute atomic E-state index is 12.9. The second kappa shape index (κ2) is 12.4. The van der Waals surface area contributed by atoms with Gasteiger partial charge in [-0.1, -0.05) is 39.0 Å². The largest absolute Gasteiger partial charge is 0.391 e. The Morgan fingerprint density at radius 2 is 1.80 bits per heavy atom. The molecule has 2 unspecified atom stereocenters. The average molecular weight is 425 g/mol. The van der Waals surface area contributed by atoms with Crippen molar-refractivity contribution in [1.82, 2.24) is 16.0 Å². The SMILES string of the molecule is CCC(=O)[C@H](CCN)NC(=O)[C@@H](NC(=O)C1CNCC(C2CCCCC2)C1)[C@H](C)O. The number of aliphatic hydroxyl groups is 1. The number of rotatable bonds is 10. The Morgan fingerprint density at radius 1 is 1.10 bits per heavy atom. The van der Waals surface area contributed by atoms with Gasteiger partial charge in [0.05, 0.1) is 18.1 Å². The number of nitrogens with one attached hydrogen (secondary N) is 3. The van der Waals surface area contributed by atoms with E-state index in [0.717, 1.165) is 13.0 Å². The van der Waals surface area contributed by atoms with Crippen LogP contribution < -0.4 is 21.7 Å². The smallest absolute Gasteiger partial charge is 0.245 e. The van der Waals surface area contributed by atoms with Crippen LogP contribution in [0.25, 0.3) is 0 Å². The summed E-state index contributed by atoms with van der Waals surface area (Å²) in [5.41, 5.74) is 5.56. The van der Waals surface area contributed by atoms with Crippen molar-refractivity contribution in [1.29, 1.82) is 0 Å². The first-order valence-corrected chi connectivity index (χ1v) is 11.6. The Balaban J connectivity index is 1.96. The molecule has 2 amide bonds. The highest BCUT2D eigenvalue weighted by molar-refractivity contribution is 5.93. The van der Waals surface area contributed by atoms with Crippen LogP contribution in [0, 0.1) is 17.8 Å². The molecular formula is C22H40N4O4. The summed E-state index contributed by atoms with van der Waals surface area (Å²) in [7, 11) is 0. The number of carbonyl (C=O) groups is 3. The lowest BCUT2D eigenvalue weighted by Gasteiger charge is -2.37. The van der Waals surface area contributed by atoms with Gasteiger partial charge in [0, 0.05) is 13.0 Å². The Bertz CT molecular complexity index is 577. The summed E-state index contributed by atoms with van der Waals surface area (Å²) in [6.45, 7) is 4.97. The third kappa shape index (κ3) is 7.03. The van der Waals surface area contributed by atoms with Gasteiger partial charge in [0.15, 0.2) is 5.78 Å². The van der Waals surface area contributed by atoms with E-state index in [1.165, 1.54) is 39.0 Å².